The Hall–Kier alpha value is -2.98. The van der Waals surface area contributed by atoms with Crippen molar-refractivity contribution in [3.05, 3.63) is 53.6 Å². The van der Waals surface area contributed by atoms with Gasteiger partial charge in [-0.25, -0.2) is 4.79 Å². The van der Waals surface area contributed by atoms with Crippen molar-refractivity contribution in [1.82, 2.24) is 0 Å². The van der Waals surface area contributed by atoms with Gasteiger partial charge in [0.2, 0.25) is 0 Å². The minimum atomic E-state index is -0.628. The SMILES string of the molecule is Cc1cc(C)cc(OCC(=O)OCC(=O)Nc2ccccc2SCC#N)c1. The van der Waals surface area contributed by atoms with E-state index in [4.69, 9.17) is 14.7 Å². The molecule has 0 aliphatic carbocycles. The Labute approximate surface area is 162 Å². The molecule has 2 aromatic rings. The van der Waals surface area contributed by atoms with Crippen LogP contribution in [-0.4, -0.2) is 30.8 Å². The van der Waals surface area contributed by atoms with Crippen LogP contribution in [0.25, 0.3) is 0 Å². The van der Waals surface area contributed by atoms with Gasteiger partial charge in [0.15, 0.2) is 13.2 Å². The molecule has 2 rings (SSSR count). The van der Waals surface area contributed by atoms with Crippen molar-refractivity contribution in [3.8, 4) is 11.8 Å². The fraction of sp³-hybridized carbons (Fsp3) is 0.250. The highest BCUT2D eigenvalue weighted by Gasteiger charge is 2.11. The number of aryl methyl sites for hydroxylation is 2. The van der Waals surface area contributed by atoms with Gasteiger partial charge in [-0.2, -0.15) is 5.26 Å². The van der Waals surface area contributed by atoms with E-state index in [9.17, 15) is 9.59 Å². The molecule has 0 unspecified atom stereocenters. The van der Waals surface area contributed by atoms with Crippen LogP contribution in [0.15, 0.2) is 47.4 Å². The van der Waals surface area contributed by atoms with Gasteiger partial charge in [0.05, 0.1) is 17.5 Å². The number of nitrogens with zero attached hydrogens (tertiary/aromatic N) is 1. The minimum Gasteiger partial charge on any atom is -0.482 e. The van der Waals surface area contributed by atoms with Crippen molar-refractivity contribution >= 4 is 29.3 Å². The molecule has 27 heavy (non-hydrogen) atoms. The van der Waals surface area contributed by atoms with E-state index >= 15 is 0 Å². The van der Waals surface area contributed by atoms with Gasteiger partial charge in [-0.15, -0.1) is 11.8 Å². The zero-order valence-electron chi connectivity index (χ0n) is 15.2. The number of thioether (sulfide) groups is 1. The van der Waals surface area contributed by atoms with Crippen molar-refractivity contribution in [3.63, 3.8) is 0 Å². The summed E-state index contributed by atoms with van der Waals surface area (Å²) in [7, 11) is 0. The third-order valence-corrected chi connectivity index (χ3v) is 4.31. The van der Waals surface area contributed by atoms with Gasteiger partial charge in [-0.3, -0.25) is 4.79 Å². The Morgan fingerprint density at radius 1 is 1.11 bits per heavy atom. The maximum Gasteiger partial charge on any atom is 0.344 e. The number of para-hydroxylation sites is 1. The van der Waals surface area contributed by atoms with Crippen molar-refractivity contribution in [1.29, 1.82) is 5.26 Å². The Morgan fingerprint density at radius 2 is 1.81 bits per heavy atom. The molecule has 0 atom stereocenters. The van der Waals surface area contributed by atoms with Gasteiger partial charge < -0.3 is 14.8 Å². The average molecular weight is 384 g/mol. The molecular weight excluding hydrogens is 364 g/mol. The minimum absolute atomic E-state index is 0.273. The lowest BCUT2D eigenvalue weighted by Gasteiger charge is -2.11. The quantitative estimate of drug-likeness (QED) is 0.554. The monoisotopic (exact) mass is 384 g/mol. The van der Waals surface area contributed by atoms with E-state index in [1.54, 1.807) is 18.2 Å². The first-order chi connectivity index (χ1) is 13.0. The number of esters is 1. The highest BCUT2D eigenvalue weighted by atomic mass is 32.2. The molecule has 0 saturated heterocycles. The smallest absolute Gasteiger partial charge is 0.344 e. The van der Waals surface area contributed by atoms with E-state index in [0.29, 0.717) is 11.4 Å². The number of carbonyl (C=O) groups excluding carboxylic acids is 2. The Balaban J connectivity index is 1.80. The predicted octanol–water partition coefficient (Wildman–Crippen LogP) is 3.48. The molecule has 140 valence electrons. The summed E-state index contributed by atoms with van der Waals surface area (Å²) in [6, 6.07) is 14.8. The number of rotatable bonds is 8. The number of carbonyl (C=O) groups is 2. The zero-order valence-corrected chi connectivity index (χ0v) is 16.0. The van der Waals surface area contributed by atoms with Crippen LogP contribution in [0.5, 0.6) is 5.75 Å². The van der Waals surface area contributed by atoms with Gasteiger partial charge >= 0.3 is 5.97 Å². The van der Waals surface area contributed by atoms with Crippen LogP contribution in [0.1, 0.15) is 11.1 Å². The van der Waals surface area contributed by atoms with E-state index in [2.05, 4.69) is 5.32 Å². The molecule has 2 aromatic carbocycles. The molecule has 7 heteroatoms. The van der Waals surface area contributed by atoms with Crippen LogP contribution in [0.3, 0.4) is 0 Å². The van der Waals surface area contributed by atoms with Crippen LogP contribution in [0.2, 0.25) is 0 Å². The summed E-state index contributed by atoms with van der Waals surface area (Å²) in [5, 5.41) is 11.4. The Morgan fingerprint density at radius 3 is 2.52 bits per heavy atom. The van der Waals surface area contributed by atoms with E-state index in [1.807, 2.05) is 44.2 Å². The fourth-order valence-corrected chi connectivity index (χ4v) is 3.01. The summed E-state index contributed by atoms with van der Waals surface area (Å²) in [6.07, 6.45) is 0. The number of anilines is 1. The number of nitrogens with one attached hydrogen (secondary N) is 1. The molecule has 0 aliphatic rings. The number of hydrogen-bond acceptors (Lipinski definition) is 6. The summed E-state index contributed by atoms with van der Waals surface area (Å²) in [6.45, 7) is 3.20. The number of amides is 1. The van der Waals surface area contributed by atoms with Crippen LogP contribution in [0.4, 0.5) is 5.69 Å². The van der Waals surface area contributed by atoms with Crippen LogP contribution < -0.4 is 10.1 Å². The highest BCUT2D eigenvalue weighted by Crippen LogP contribution is 2.26. The first-order valence-corrected chi connectivity index (χ1v) is 9.22. The Bertz CT molecular complexity index is 841. The molecule has 0 aliphatic heterocycles. The summed E-state index contributed by atoms with van der Waals surface area (Å²) in [4.78, 5) is 24.6. The topological polar surface area (TPSA) is 88.4 Å². The lowest BCUT2D eigenvalue weighted by Crippen LogP contribution is -2.23. The van der Waals surface area contributed by atoms with Crippen molar-refractivity contribution < 1.29 is 19.1 Å². The van der Waals surface area contributed by atoms with Crippen LogP contribution >= 0.6 is 11.8 Å². The molecule has 6 nitrogen and oxygen atoms in total. The first kappa shape index (κ1) is 20.3. The largest absolute Gasteiger partial charge is 0.482 e. The number of hydrogen-bond donors (Lipinski definition) is 1. The summed E-state index contributed by atoms with van der Waals surface area (Å²) >= 11 is 1.32. The number of nitriles is 1. The van der Waals surface area contributed by atoms with Crippen molar-refractivity contribution in [2.45, 2.75) is 18.7 Å². The second-order valence-electron chi connectivity index (χ2n) is 5.76. The van der Waals surface area contributed by atoms with E-state index in [1.165, 1.54) is 11.8 Å². The van der Waals surface area contributed by atoms with Gasteiger partial charge in [0.25, 0.3) is 5.91 Å². The lowest BCUT2D eigenvalue weighted by molar-refractivity contribution is -0.149. The van der Waals surface area contributed by atoms with Crippen LogP contribution in [-0.2, 0) is 14.3 Å². The standard InChI is InChI=1S/C20H20N2O4S/c1-14-9-15(2)11-16(10-14)25-13-20(24)26-12-19(23)22-17-5-3-4-6-18(17)27-8-7-21/h3-6,9-11H,8,12-13H2,1-2H3,(H,22,23). The van der Waals surface area contributed by atoms with Gasteiger partial charge in [-0.1, -0.05) is 18.2 Å². The molecule has 0 bridgehead atoms. The lowest BCUT2D eigenvalue weighted by atomic mass is 10.1. The van der Waals surface area contributed by atoms with E-state index in [-0.39, 0.29) is 12.4 Å². The van der Waals surface area contributed by atoms with E-state index < -0.39 is 18.5 Å². The molecule has 0 saturated carbocycles. The number of benzene rings is 2. The average Bonchev–Trinajstić information content (AvgIpc) is 2.63. The van der Waals surface area contributed by atoms with Gasteiger partial charge in [0, 0.05) is 4.90 Å². The normalized spacial score (nSPS) is 9.96. The first-order valence-electron chi connectivity index (χ1n) is 8.23. The molecule has 0 fully saturated rings. The molecule has 0 aromatic heterocycles. The molecule has 0 radical (unpaired) electrons. The zero-order chi connectivity index (χ0) is 19.6. The third kappa shape index (κ3) is 7.04. The summed E-state index contributed by atoms with van der Waals surface area (Å²) in [5.41, 5.74) is 2.64. The van der Waals surface area contributed by atoms with Crippen molar-refractivity contribution in [2.24, 2.45) is 0 Å². The second-order valence-corrected chi connectivity index (χ2v) is 6.78. The summed E-state index contributed by atoms with van der Waals surface area (Å²) in [5.74, 6) is -0.231. The molecular formula is C20H20N2O4S. The van der Waals surface area contributed by atoms with Crippen LogP contribution in [0, 0.1) is 25.2 Å². The Kier molecular flexibility index (Phi) is 7.71. The maximum atomic E-state index is 12.0. The predicted molar refractivity (Wildman–Crippen MR) is 104 cm³/mol. The third-order valence-electron chi connectivity index (χ3n) is 3.37. The fourth-order valence-electron chi connectivity index (χ4n) is 2.34. The summed E-state index contributed by atoms with van der Waals surface area (Å²) < 4.78 is 10.3. The molecule has 0 spiro atoms. The van der Waals surface area contributed by atoms with Crippen molar-refractivity contribution in [2.75, 3.05) is 24.3 Å². The molecule has 1 N–H and O–H groups in total. The molecule has 0 heterocycles. The highest BCUT2D eigenvalue weighted by molar-refractivity contribution is 7.99. The number of ether oxygens (including phenoxy) is 2. The van der Waals surface area contributed by atoms with E-state index in [0.717, 1.165) is 16.0 Å². The molecule has 1 amide bonds. The maximum absolute atomic E-state index is 12.0. The van der Waals surface area contributed by atoms with Gasteiger partial charge in [0.1, 0.15) is 5.75 Å². The second kappa shape index (κ2) is 10.2. The van der Waals surface area contributed by atoms with Gasteiger partial charge in [-0.05, 0) is 49.2 Å².